The Morgan fingerprint density at radius 3 is 2.68 bits per heavy atom. The van der Waals surface area contributed by atoms with Gasteiger partial charge in [0.1, 0.15) is 0 Å². The van der Waals surface area contributed by atoms with Gasteiger partial charge >= 0.3 is 0 Å². The molecule has 0 radical (unpaired) electrons. The van der Waals surface area contributed by atoms with Gasteiger partial charge in [0, 0.05) is 25.2 Å². The van der Waals surface area contributed by atoms with Crippen LogP contribution in [0.1, 0.15) is 49.2 Å². The second kappa shape index (κ2) is 5.33. The van der Waals surface area contributed by atoms with Crippen molar-refractivity contribution < 1.29 is 4.79 Å². The highest BCUT2D eigenvalue weighted by Gasteiger charge is 2.23. The Labute approximate surface area is 115 Å². The SMILES string of the molecule is CC(C)C(C)(C)CNC(=O)c1ccc2c(c1)CNC2. The lowest BCUT2D eigenvalue weighted by atomic mass is 9.81. The highest BCUT2D eigenvalue weighted by atomic mass is 16.1. The molecule has 0 aromatic heterocycles. The van der Waals surface area contributed by atoms with Gasteiger partial charge in [0.25, 0.3) is 5.91 Å². The third kappa shape index (κ3) is 3.16. The first-order valence-corrected chi connectivity index (χ1v) is 7.01. The molecule has 3 nitrogen and oxygen atoms in total. The molecule has 0 fully saturated rings. The molecular weight excluding hydrogens is 236 g/mol. The van der Waals surface area contributed by atoms with Gasteiger partial charge in [0.2, 0.25) is 0 Å². The molecule has 0 spiro atoms. The number of hydrogen-bond donors (Lipinski definition) is 2. The van der Waals surface area contributed by atoms with Gasteiger partial charge in [-0.15, -0.1) is 0 Å². The largest absolute Gasteiger partial charge is 0.351 e. The first-order valence-electron chi connectivity index (χ1n) is 7.01. The van der Waals surface area contributed by atoms with E-state index in [9.17, 15) is 4.79 Å². The fourth-order valence-electron chi connectivity index (χ4n) is 2.05. The topological polar surface area (TPSA) is 41.1 Å². The quantitative estimate of drug-likeness (QED) is 0.874. The van der Waals surface area contributed by atoms with Crippen molar-refractivity contribution in [3.8, 4) is 0 Å². The lowest BCUT2D eigenvalue weighted by Gasteiger charge is -2.29. The highest BCUT2D eigenvalue weighted by Crippen LogP contribution is 2.25. The lowest BCUT2D eigenvalue weighted by Crippen LogP contribution is -2.37. The monoisotopic (exact) mass is 260 g/mol. The van der Waals surface area contributed by atoms with Crippen LogP contribution in [0.3, 0.4) is 0 Å². The number of rotatable bonds is 4. The molecule has 0 bridgehead atoms. The summed E-state index contributed by atoms with van der Waals surface area (Å²) in [6, 6.07) is 5.98. The predicted molar refractivity (Wildman–Crippen MR) is 77.9 cm³/mol. The smallest absolute Gasteiger partial charge is 0.251 e. The van der Waals surface area contributed by atoms with Gasteiger partial charge in [-0.3, -0.25) is 4.79 Å². The number of benzene rings is 1. The van der Waals surface area contributed by atoms with Crippen molar-refractivity contribution in [3.63, 3.8) is 0 Å². The van der Waals surface area contributed by atoms with Crippen LogP contribution in [0.25, 0.3) is 0 Å². The van der Waals surface area contributed by atoms with Gasteiger partial charge in [-0.05, 0) is 34.6 Å². The van der Waals surface area contributed by atoms with Gasteiger partial charge in [-0.2, -0.15) is 0 Å². The van der Waals surface area contributed by atoms with Gasteiger partial charge in [-0.1, -0.05) is 33.8 Å². The summed E-state index contributed by atoms with van der Waals surface area (Å²) in [7, 11) is 0. The third-order valence-corrected chi connectivity index (χ3v) is 4.37. The number of hydrogen-bond acceptors (Lipinski definition) is 2. The normalized spacial score (nSPS) is 14.6. The van der Waals surface area contributed by atoms with E-state index in [0.717, 1.165) is 18.7 Å². The number of carbonyl (C=O) groups excluding carboxylic acids is 1. The van der Waals surface area contributed by atoms with Crippen molar-refractivity contribution in [1.29, 1.82) is 0 Å². The summed E-state index contributed by atoms with van der Waals surface area (Å²) in [6.07, 6.45) is 0. The molecule has 19 heavy (non-hydrogen) atoms. The predicted octanol–water partition coefficient (Wildman–Crippen LogP) is 2.70. The molecule has 1 aromatic carbocycles. The Hall–Kier alpha value is -1.35. The minimum atomic E-state index is 0.0309. The molecule has 0 saturated heterocycles. The van der Waals surface area contributed by atoms with Crippen LogP contribution < -0.4 is 10.6 Å². The second-order valence-corrected chi connectivity index (χ2v) is 6.41. The molecule has 1 aliphatic heterocycles. The maximum Gasteiger partial charge on any atom is 0.251 e. The summed E-state index contributed by atoms with van der Waals surface area (Å²) < 4.78 is 0. The van der Waals surface area contributed by atoms with E-state index in [1.807, 2.05) is 12.1 Å². The molecule has 1 heterocycles. The summed E-state index contributed by atoms with van der Waals surface area (Å²) >= 11 is 0. The Morgan fingerprint density at radius 1 is 1.32 bits per heavy atom. The van der Waals surface area contributed by atoms with Crippen molar-refractivity contribution in [2.24, 2.45) is 11.3 Å². The zero-order valence-electron chi connectivity index (χ0n) is 12.3. The molecule has 0 unspecified atom stereocenters. The lowest BCUT2D eigenvalue weighted by molar-refractivity contribution is 0.0924. The van der Waals surface area contributed by atoms with E-state index in [2.05, 4.69) is 44.4 Å². The highest BCUT2D eigenvalue weighted by molar-refractivity contribution is 5.94. The second-order valence-electron chi connectivity index (χ2n) is 6.41. The maximum atomic E-state index is 12.2. The zero-order chi connectivity index (χ0) is 14.0. The number of amides is 1. The van der Waals surface area contributed by atoms with Crippen LogP contribution in [0.15, 0.2) is 18.2 Å². The number of nitrogens with one attached hydrogen (secondary N) is 2. The minimum absolute atomic E-state index is 0.0309. The first-order chi connectivity index (χ1) is 8.90. The van der Waals surface area contributed by atoms with Crippen molar-refractivity contribution in [3.05, 3.63) is 34.9 Å². The van der Waals surface area contributed by atoms with E-state index in [1.54, 1.807) is 0 Å². The van der Waals surface area contributed by atoms with Gasteiger partial charge < -0.3 is 10.6 Å². The van der Waals surface area contributed by atoms with Crippen LogP contribution in [0.5, 0.6) is 0 Å². The Morgan fingerprint density at radius 2 is 2.00 bits per heavy atom. The first kappa shape index (κ1) is 14.1. The average Bonchev–Trinajstić information content (AvgIpc) is 2.82. The molecule has 1 aromatic rings. The molecule has 3 heteroatoms. The number of fused-ring (bicyclic) bond motifs is 1. The fourth-order valence-corrected chi connectivity index (χ4v) is 2.05. The zero-order valence-corrected chi connectivity index (χ0v) is 12.3. The van der Waals surface area contributed by atoms with Gasteiger partial charge in [0.15, 0.2) is 0 Å². The third-order valence-electron chi connectivity index (χ3n) is 4.37. The van der Waals surface area contributed by atoms with Crippen molar-refractivity contribution in [1.82, 2.24) is 10.6 Å². The van der Waals surface area contributed by atoms with E-state index >= 15 is 0 Å². The number of carbonyl (C=O) groups is 1. The van der Waals surface area contributed by atoms with Crippen LogP contribution in [0, 0.1) is 11.3 Å². The van der Waals surface area contributed by atoms with Crippen LogP contribution in [0.2, 0.25) is 0 Å². The standard InChI is InChI=1S/C16H24N2O/c1-11(2)16(3,4)10-18-15(19)12-5-6-13-8-17-9-14(13)7-12/h5-7,11,17H,8-10H2,1-4H3,(H,18,19). The van der Waals surface area contributed by atoms with Crippen LogP contribution in [-0.4, -0.2) is 12.5 Å². The Balaban J connectivity index is 2.01. The summed E-state index contributed by atoms with van der Waals surface area (Å²) in [5.41, 5.74) is 3.44. The molecule has 1 aliphatic rings. The van der Waals surface area contributed by atoms with E-state index in [0.29, 0.717) is 12.5 Å². The fraction of sp³-hybridized carbons (Fsp3) is 0.562. The molecule has 0 saturated carbocycles. The molecule has 1 amide bonds. The molecule has 2 N–H and O–H groups in total. The van der Waals surface area contributed by atoms with Crippen molar-refractivity contribution in [2.75, 3.05) is 6.54 Å². The van der Waals surface area contributed by atoms with Gasteiger partial charge in [0.05, 0.1) is 0 Å². The van der Waals surface area contributed by atoms with E-state index < -0.39 is 0 Å². The summed E-state index contributed by atoms with van der Waals surface area (Å²) in [6.45, 7) is 11.2. The molecule has 104 valence electrons. The molecule has 0 atom stereocenters. The van der Waals surface area contributed by atoms with Crippen LogP contribution in [-0.2, 0) is 13.1 Å². The summed E-state index contributed by atoms with van der Waals surface area (Å²) in [4.78, 5) is 12.2. The summed E-state index contributed by atoms with van der Waals surface area (Å²) in [5, 5.41) is 6.35. The van der Waals surface area contributed by atoms with E-state index in [4.69, 9.17) is 0 Å². The molecule has 0 aliphatic carbocycles. The molecular formula is C16H24N2O. The van der Waals surface area contributed by atoms with Gasteiger partial charge in [-0.25, -0.2) is 0 Å². The van der Waals surface area contributed by atoms with E-state index in [1.165, 1.54) is 11.1 Å². The van der Waals surface area contributed by atoms with E-state index in [-0.39, 0.29) is 11.3 Å². The van der Waals surface area contributed by atoms with Crippen molar-refractivity contribution in [2.45, 2.75) is 40.8 Å². The minimum Gasteiger partial charge on any atom is -0.351 e. The maximum absolute atomic E-state index is 12.2. The van der Waals surface area contributed by atoms with Crippen molar-refractivity contribution >= 4 is 5.91 Å². The summed E-state index contributed by atoms with van der Waals surface area (Å²) in [5.74, 6) is 0.570. The van der Waals surface area contributed by atoms with Crippen LogP contribution in [0.4, 0.5) is 0 Å². The van der Waals surface area contributed by atoms with Crippen LogP contribution >= 0.6 is 0 Å². The molecule has 2 rings (SSSR count). The Bertz CT molecular complexity index is 478. The Kier molecular flexibility index (Phi) is 3.95. The average molecular weight is 260 g/mol.